The molecule has 0 aromatic heterocycles. The van der Waals surface area contributed by atoms with E-state index in [1.165, 1.54) is 5.56 Å². The fraction of sp³-hybridized carbons (Fsp3) is 0.500. The second-order valence-electron chi connectivity index (χ2n) is 3.75. The zero-order chi connectivity index (χ0) is 11.5. The van der Waals surface area contributed by atoms with Gasteiger partial charge in [0.15, 0.2) is 11.5 Å². The van der Waals surface area contributed by atoms with Crippen LogP contribution in [0.4, 0.5) is 0 Å². The molecule has 2 rings (SSSR count). The third-order valence-electron chi connectivity index (χ3n) is 2.91. The third-order valence-corrected chi connectivity index (χ3v) is 2.91. The van der Waals surface area contributed by atoms with Crippen molar-refractivity contribution in [3.63, 3.8) is 0 Å². The standard InChI is InChI=1S/C12H17NO3/c1-14-10-6-8(9-4-5-13-9)7-11(15-2)12(10)16-3/h6-7,9,13H,4-5H2,1-3H3/t9-/m0/s1. The molecule has 1 aliphatic heterocycles. The van der Waals surface area contributed by atoms with Gasteiger partial charge in [-0.15, -0.1) is 0 Å². The van der Waals surface area contributed by atoms with E-state index in [1.54, 1.807) is 21.3 Å². The summed E-state index contributed by atoms with van der Waals surface area (Å²) in [4.78, 5) is 0. The second kappa shape index (κ2) is 4.61. The molecule has 1 heterocycles. The van der Waals surface area contributed by atoms with Crippen LogP contribution in [0.1, 0.15) is 18.0 Å². The van der Waals surface area contributed by atoms with Gasteiger partial charge in [0.2, 0.25) is 5.75 Å². The Labute approximate surface area is 95.5 Å². The van der Waals surface area contributed by atoms with Gasteiger partial charge in [0.25, 0.3) is 0 Å². The Morgan fingerprint density at radius 3 is 1.94 bits per heavy atom. The normalized spacial score (nSPS) is 18.8. The predicted octanol–water partition coefficient (Wildman–Crippen LogP) is 1.75. The quantitative estimate of drug-likeness (QED) is 0.844. The lowest BCUT2D eigenvalue weighted by molar-refractivity contribution is 0.319. The maximum Gasteiger partial charge on any atom is 0.203 e. The van der Waals surface area contributed by atoms with E-state index in [-0.39, 0.29) is 0 Å². The number of hydrogen-bond acceptors (Lipinski definition) is 4. The van der Waals surface area contributed by atoms with Crippen molar-refractivity contribution in [1.29, 1.82) is 0 Å². The van der Waals surface area contributed by atoms with Crippen LogP contribution < -0.4 is 19.5 Å². The van der Waals surface area contributed by atoms with E-state index in [4.69, 9.17) is 14.2 Å². The number of methoxy groups -OCH3 is 3. The Morgan fingerprint density at radius 1 is 1.06 bits per heavy atom. The van der Waals surface area contributed by atoms with Crippen LogP contribution in [0.15, 0.2) is 12.1 Å². The summed E-state index contributed by atoms with van der Waals surface area (Å²) in [5.41, 5.74) is 1.18. The predicted molar refractivity (Wildman–Crippen MR) is 61.5 cm³/mol. The lowest BCUT2D eigenvalue weighted by Crippen LogP contribution is -2.34. The minimum absolute atomic E-state index is 0.411. The van der Waals surface area contributed by atoms with Gasteiger partial charge in [-0.25, -0.2) is 0 Å². The second-order valence-corrected chi connectivity index (χ2v) is 3.75. The monoisotopic (exact) mass is 223 g/mol. The largest absolute Gasteiger partial charge is 0.493 e. The summed E-state index contributed by atoms with van der Waals surface area (Å²) in [6, 6.07) is 4.41. The van der Waals surface area contributed by atoms with E-state index in [0.717, 1.165) is 13.0 Å². The van der Waals surface area contributed by atoms with Gasteiger partial charge in [-0.3, -0.25) is 0 Å². The van der Waals surface area contributed by atoms with E-state index in [1.807, 2.05) is 12.1 Å². The summed E-state index contributed by atoms with van der Waals surface area (Å²) in [6.07, 6.45) is 1.15. The zero-order valence-electron chi connectivity index (χ0n) is 9.87. The molecule has 4 nitrogen and oxygen atoms in total. The molecule has 0 bridgehead atoms. The van der Waals surface area contributed by atoms with Gasteiger partial charge in [0.05, 0.1) is 21.3 Å². The fourth-order valence-corrected chi connectivity index (χ4v) is 1.88. The molecule has 16 heavy (non-hydrogen) atoms. The van der Waals surface area contributed by atoms with E-state index >= 15 is 0 Å². The van der Waals surface area contributed by atoms with Crippen LogP contribution in [0.2, 0.25) is 0 Å². The number of nitrogens with one attached hydrogen (secondary N) is 1. The van der Waals surface area contributed by atoms with Crippen LogP contribution >= 0.6 is 0 Å². The van der Waals surface area contributed by atoms with Crippen molar-refractivity contribution in [2.45, 2.75) is 12.5 Å². The molecule has 0 aliphatic carbocycles. The molecule has 0 spiro atoms. The Morgan fingerprint density at radius 2 is 1.62 bits per heavy atom. The molecule has 1 fully saturated rings. The van der Waals surface area contributed by atoms with Crippen LogP contribution in [0.25, 0.3) is 0 Å². The van der Waals surface area contributed by atoms with Gasteiger partial charge in [-0.1, -0.05) is 0 Å². The minimum Gasteiger partial charge on any atom is -0.493 e. The van der Waals surface area contributed by atoms with Crippen LogP contribution in [0.5, 0.6) is 17.2 Å². The SMILES string of the molecule is COc1cc([C@@H]2CCN2)cc(OC)c1OC. The number of hydrogen-bond donors (Lipinski definition) is 1. The molecular formula is C12H17NO3. The average Bonchev–Trinajstić information content (AvgIpc) is 2.25. The third kappa shape index (κ3) is 1.80. The highest BCUT2D eigenvalue weighted by Crippen LogP contribution is 2.40. The van der Waals surface area contributed by atoms with Crippen LogP contribution in [-0.4, -0.2) is 27.9 Å². The Kier molecular flexibility index (Phi) is 3.19. The van der Waals surface area contributed by atoms with Gasteiger partial charge in [-0.2, -0.15) is 0 Å². The topological polar surface area (TPSA) is 39.7 Å². The van der Waals surface area contributed by atoms with Crippen molar-refractivity contribution in [2.24, 2.45) is 0 Å². The van der Waals surface area contributed by atoms with E-state index < -0.39 is 0 Å². The van der Waals surface area contributed by atoms with Gasteiger partial charge < -0.3 is 19.5 Å². The number of rotatable bonds is 4. The van der Waals surface area contributed by atoms with Crippen LogP contribution in [0, 0.1) is 0 Å². The molecule has 0 radical (unpaired) electrons. The minimum atomic E-state index is 0.411. The Hall–Kier alpha value is -1.42. The van der Waals surface area contributed by atoms with Crippen molar-refractivity contribution >= 4 is 0 Å². The molecule has 1 aliphatic rings. The summed E-state index contributed by atoms with van der Waals surface area (Å²) in [6.45, 7) is 1.07. The summed E-state index contributed by atoms with van der Waals surface area (Å²) in [5, 5.41) is 3.35. The van der Waals surface area contributed by atoms with Gasteiger partial charge >= 0.3 is 0 Å². The van der Waals surface area contributed by atoms with Crippen molar-refractivity contribution in [2.75, 3.05) is 27.9 Å². The van der Waals surface area contributed by atoms with Crippen molar-refractivity contribution in [3.8, 4) is 17.2 Å². The Balaban J connectivity index is 2.40. The molecule has 1 aromatic carbocycles. The number of benzene rings is 1. The summed E-state index contributed by atoms with van der Waals surface area (Å²) < 4.78 is 15.9. The van der Waals surface area contributed by atoms with E-state index in [0.29, 0.717) is 23.3 Å². The number of ether oxygens (including phenoxy) is 3. The van der Waals surface area contributed by atoms with E-state index in [9.17, 15) is 0 Å². The zero-order valence-corrected chi connectivity index (χ0v) is 9.87. The van der Waals surface area contributed by atoms with Crippen LogP contribution in [0.3, 0.4) is 0 Å². The van der Waals surface area contributed by atoms with Crippen LogP contribution in [-0.2, 0) is 0 Å². The van der Waals surface area contributed by atoms with E-state index in [2.05, 4.69) is 5.32 Å². The summed E-state index contributed by atoms with van der Waals surface area (Å²) >= 11 is 0. The van der Waals surface area contributed by atoms with Gasteiger partial charge in [-0.05, 0) is 30.7 Å². The smallest absolute Gasteiger partial charge is 0.203 e. The lowest BCUT2D eigenvalue weighted by atomic mass is 9.97. The highest BCUT2D eigenvalue weighted by atomic mass is 16.5. The molecule has 88 valence electrons. The molecule has 4 heteroatoms. The molecule has 1 atom stereocenters. The first kappa shape index (κ1) is 11.1. The van der Waals surface area contributed by atoms with Crippen molar-refractivity contribution in [3.05, 3.63) is 17.7 Å². The molecule has 1 saturated heterocycles. The first-order chi connectivity index (χ1) is 7.80. The highest BCUT2D eigenvalue weighted by Gasteiger charge is 2.22. The first-order valence-corrected chi connectivity index (χ1v) is 5.33. The van der Waals surface area contributed by atoms with Gasteiger partial charge in [0, 0.05) is 6.04 Å². The Bertz CT molecular complexity index is 350. The van der Waals surface area contributed by atoms with Crippen molar-refractivity contribution in [1.82, 2.24) is 5.32 Å². The van der Waals surface area contributed by atoms with Gasteiger partial charge in [0.1, 0.15) is 0 Å². The van der Waals surface area contributed by atoms with Crippen molar-refractivity contribution < 1.29 is 14.2 Å². The molecule has 0 amide bonds. The summed E-state index contributed by atoms with van der Waals surface area (Å²) in [7, 11) is 4.88. The highest BCUT2D eigenvalue weighted by molar-refractivity contribution is 5.54. The summed E-state index contributed by atoms with van der Waals surface area (Å²) in [5.74, 6) is 2.07. The maximum atomic E-state index is 5.31. The fourth-order valence-electron chi connectivity index (χ4n) is 1.88. The maximum absolute atomic E-state index is 5.31. The molecule has 0 saturated carbocycles. The molecule has 0 unspecified atom stereocenters. The molecule has 1 N–H and O–H groups in total. The lowest BCUT2D eigenvalue weighted by Gasteiger charge is -2.29. The average molecular weight is 223 g/mol. The molecule has 1 aromatic rings. The first-order valence-electron chi connectivity index (χ1n) is 5.33. The molecular weight excluding hydrogens is 206 g/mol.